The van der Waals surface area contributed by atoms with Crippen LogP contribution in [-0.4, -0.2) is 19.1 Å². The molecule has 1 aliphatic carbocycles. The first-order valence-electron chi connectivity index (χ1n) is 5.83. The topological polar surface area (TPSA) is 35.2 Å². The van der Waals surface area contributed by atoms with Crippen LogP contribution in [0.5, 0.6) is 5.75 Å². The molecular weight excluding hydrogens is 224 g/mol. The maximum Gasteiger partial charge on any atom is 0.250 e. The third-order valence-electron chi connectivity index (χ3n) is 3.36. The zero-order chi connectivity index (χ0) is 12.5. The molecule has 0 atom stereocenters. The quantitative estimate of drug-likeness (QED) is 0.879. The standard InChI is InChI=1S/C13H17F2NO/c1-2-17-11-5-3-10(4-6-11)12(9-16)7-13(14,15)8-12/h3-6H,2,7-9,16H2,1H3. The van der Waals surface area contributed by atoms with Gasteiger partial charge in [0.1, 0.15) is 5.75 Å². The van der Waals surface area contributed by atoms with Crippen molar-refractivity contribution in [3.63, 3.8) is 0 Å². The van der Waals surface area contributed by atoms with Crippen LogP contribution >= 0.6 is 0 Å². The van der Waals surface area contributed by atoms with Crippen LogP contribution in [-0.2, 0) is 5.41 Å². The first-order valence-corrected chi connectivity index (χ1v) is 5.83. The van der Waals surface area contributed by atoms with E-state index in [1.807, 2.05) is 31.2 Å². The number of hydrogen-bond donors (Lipinski definition) is 1. The molecule has 0 spiro atoms. The van der Waals surface area contributed by atoms with Crippen molar-refractivity contribution < 1.29 is 13.5 Å². The van der Waals surface area contributed by atoms with Crippen molar-refractivity contribution >= 4 is 0 Å². The summed E-state index contributed by atoms with van der Waals surface area (Å²) in [5.41, 5.74) is 5.99. The Morgan fingerprint density at radius 3 is 2.24 bits per heavy atom. The molecule has 2 nitrogen and oxygen atoms in total. The van der Waals surface area contributed by atoms with Crippen LogP contribution in [0.3, 0.4) is 0 Å². The van der Waals surface area contributed by atoms with E-state index in [4.69, 9.17) is 10.5 Å². The number of alkyl halides is 2. The van der Waals surface area contributed by atoms with Crippen molar-refractivity contribution in [2.75, 3.05) is 13.2 Å². The van der Waals surface area contributed by atoms with Crippen molar-refractivity contribution in [2.45, 2.75) is 31.1 Å². The summed E-state index contributed by atoms with van der Waals surface area (Å²) in [7, 11) is 0. The Kier molecular flexibility index (Phi) is 3.08. The van der Waals surface area contributed by atoms with Gasteiger partial charge < -0.3 is 10.5 Å². The van der Waals surface area contributed by atoms with Crippen LogP contribution in [0.25, 0.3) is 0 Å². The fraction of sp³-hybridized carbons (Fsp3) is 0.538. The molecule has 0 unspecified atom stereocenters. The molecule has 0 amide bonds. The monoisotopic (exact) mass is 241 g/mol. The van der Waals surface area contributed by atoms with E-state index in [9.17, 15) is 8.78 Å². The van der Waals surface area contributed by atoms with Gasteiger partial charge in [0.05, 0.1) is 6.61 Å². The van der Waals surface area contributed by atoms with E-state index in [0.29, 0.717) is 6.61 Å². The zero-order valence-corrected chi connectivity index (χ0v) is 9.88. The SMILES string of the molecule is CCOc1ccc(C2(CN)CC(F)(F)C2)cc1. The van der Waals surface area contributed by atoms with Gasteiger partial charge in [0.15, 0.2) is 0 Å². The number of hydrogen-bond acceptors (Lipinski definition) is 2. The molecule has 0 radical (unpaired) electrons. The lowest BCUT2D eigenvalue weighted by molar-refractivity contribution is -0.123. The molecule has 0 saturated heterocycles. The van der Waals surface area contributed by atoms with Crippen LogP contribution in [0.15, 0.2) is 24.3 Å². The Balaban J connectivity index is 2.16. The molecule has 1 aromatic rings. The van der Waals surface area contributed by atoms with Crippen LogP contribution in [0, 0.1) is 0 Å². The van der Waals surface area contributed by atoms with Crippen LogP contribution in [0.4, 0.5) is 8.78 Å². The summed E-state index contributed by atoms with van der Waals surface area (Å²) in [6, 6.07) is 7.31. The van der Waals surface area contributed by atoms with Gasteiger partial charge in [0, 0.05) is 24.8 Å². The van der Waals surface area contributed by atoms with Gasteiger partial charge in [-0.3, -0.25) is 0 Å². The van der Waals surface area contributed by atoms with E-state index in [2.05, 4.69) is 0 Å². The minimum atomic E-state index is -2.56. The number of ether oxygens (including phenoxy) is 1. The lowest BCUT2D eigenvalue weighted by Gasteiger charge is -2.47. The number of halogens is 2. The van der Waals surface area contributed by atoms with Gasteiger partial charge in [0.2, 0.25) is 5.92 Å². The summed E-state index contributed by atoms with van der Waals surface area (Å²) in [6.45, 7) is 2.76. The molecule has 4 heteroatoms. The largest absolute Gasteiger partial charge is 0.494 e. The fourth-order valence-corrected chi connectivity index (χ4v) is 2.48. The molecule has 0 aliphatic heterocycles. The molecule has 94 valence electrons. The highest BCUT2D eigenvalue weighted by molar-refractivity contribution is 5.35. The van der Waals surface area contributed by atoms with Crippen molar-refractivity contribution in [3.05, 3.63) is 29.8 Å². The van der Waals surface area contributed by atoms with Crippen molar-refractivity contribution in [1.82, 2.24) is 0 Å². The van der Waals surface area contributed by atoms with Crippen LogP contribution in [0.1, 0.15) is 25.3 Å². The third-order valence-corrected chi connectivity index (χ3v) is 3.36. The highest BCUT2D eigenvalue weighted by Gasteiger charge is 2.56. The maximum absolute atomic E-state index is 13.0. The van der Waals surface area contributed by atoms with Gasteiger partial charge >= 0.3 is 0 Å². The van der Waals surface area contributed by atoms with Crippen molar-refractivity contribution in [3.8, 4) is 5.75 Å². The smallest absolute Gasteiger partial charge is 0.250 e. The van der Waals surface area contributed by atoms with Crippen LogP contribution in [0.2, 0.25) is 0 Å². The molecule has 2 N–H and O–H groups in total. The predicted octanol–water partition coefficient (Wildman–Crippen LogP) is 2.71. The average Bonchev–Trinajstić information content (AvgIpc) is 2.27. The van der Waals surface area contributed by atoms with Gasteiger partial charge in [-0.15, -0.1) is 0 Å². The average molecular weight is 241 g/mol. The molecule has 0 bridgehead atoms. The summed E-state index contributed by atoms with van der Waals surface area (Å²) < 4.78 is 31.4. The van der Waals surface area contributed by atoms with Crippen LogP contribution < -0.4 is 10.5 Å². The Labute approximate surface area is 99.8 Å². The lowest BCUT2D eigenvalue weighted by atomic mass is 9.62. The number of benzene rings is 1. The number of nitrogens with two attached hydrogens (primary N) is 1. The Hall–Kier alpha value is -1.16. The number of rotatable bonds is 4. The summed E-state index contributed by atoms with van der Waals surface area (Å²) >= 11 is 0. The van der Waals surface area contributed by atoms with Gasteiger partial charge in [-0.05, 0) is 24.6 Å². The Bertz CT molecular complexity index is 381. The minimum absolute atomic E-state index is 0.148. The van der Waals surface area contributed by atoms with E-state index >= 15 is 0 Å². The molecule has 1 aromatic carbocycles. The highest BCUT2D eigenvalue weighted by Crippen LogP contribution is 2.52. The zero-order valence-electron chi connectivity index (χ0n) is 9.88. The second-order valence-corrected chi connectivity index (χ2v) is 4.65. The first-order chi connectivity index (χ1) is 8.01. The molecule has 17 heavy (non-hydrogen) atoms. The van der Waals surface area contributed by atoms with E-state index in [0.717, 1.165) is 11.3 Å². The molecule has 2 rings (SSSR count). The summed E-state index contributed by atoms with van der Waals surface area (Å²) in [5.74, 6) is -1.80. The van der Waals surface area contributed by atoms with E-state index in [-0.39, 0.29) is 19.4 Å². The minimum Gasteiger partial charge on any atom is -0.494 e. The van der Waals surface area contributed by atoms with E-state index in [1.54, 1.807) is 0 Å². The highest BCUT2D eigenvalue weighted by atomic mass is 19.3. The molecular formula is C13H17F2NO. The normalized spacial score (nSPS) is 20.7. The van der Waals surface area contributed by atoms with Gasteiger partial charge in [-0.1, -0.05) is 12.1 Å². The second-order valence-electron chi connectivity index (χ2n) is 4.65. The molecule has 1 fully saturated rings. The van der Waals surface area contributed by atoms with E-state index < -0.39 is 11.3 Å². The Morgan fingerprint density at radius 2 is 1.82 bits per heavy atom. The predicted molar refractivity (Wildman–Crippen MR) is 62.5 cm³/mol. The third kappa shape index (κ3) is 2.27. The van der Waals surface area contributed by atoms with Crippen molar-refractivity contribution in [1.29, 1.82) is 0 Å². The summed E-state index contributed by atoms with van der Waals surface area (Å²) in [4.78, 5) is 0. The summed E-state index contributed by atoms with van der Waals surface area (Å²) in [6.07, 6.45) is -0.297. The van der Waals surface area contributed by atoms with Gasteiger partial charge in [-0.25, -0.2) is 8.78 Å². The van der Waals surface area contributed by atoms with Gasteiger partial charge in [-0.2, -0.15) is 0 Å². The second kappa shape index (κ2) is 4.26. The Morgan fingerprint density at radius 1 is 1.24 bits per heavy atom. The first kappa shape index (κ1) is 12.3. The molecule has 1 saturated carbocycles. The van der Waals surface area contributed by atoms with Gasteiger partial charge in [0.25, 0.3) is 0 Å². The molecule has 0 aromatic heterocycles. The lowest BCUT2D eigenvalue weighted by Crippen LogP contribution is -2.53. The fourth-order valence-electron chi connectivity index (χ4n) is 2.48. The summed E-state index contributed by atoms with van der Waals surface area (Å²) in [5, 5.41) is 0. The maximum atomic E-state index is 13.0. The van der Waals surface area contributed by atoms with E-state index in [1.165, 1.54) is 0 Å². The molecule has 0 heterocycles. The van der Waals surface area contributed by atoms with Crippen molar-refractivity contribution in [2.24, 2.45) is 5.73 Å². The molecule has 1 aliphatic rings.